The van der Waals surface area contributed by atoms with Crippen LogP contribution in [0.1, 0.15) is 36.5 Å². The zero-order valence-corrected chi connectivity index (χ0v) is 19.8. The summed E-state index contributed by atoms with van der Waals surface area (Å²) >= 11 is 6.02. The van der Waals surface area contributed by atoms with Gasteiger partial charge in [0.2, 0.25) is 5.91 Å². The van der Waals surface area contributed by atoms with Crippen LogP contribution in [0, 0.1) is 13.8 Å². The molecule has 176 valence electrons. The average molecular weight is 482 g/mol. The van der Waals surface area contributed by atoms with Crippen molar-refractivity contribution in [1.82, 2.24) is 5.32 Å². The lowest BCUT2D eigenvalue weighted by Gasteiger charge is -2.14. The van der Waals surface area contributed by atoms with Crippen molar-refractivity contribution < 1.29 is 23.5 Å². The number of carboxylic acid groups (broad SMARTS) is 1. The highest BCUT2D eigenvalue weighted by Gasteiger charge is 2.23. The van der Waals surface area contributed by atoms with Gasteiger partial charge < -0.3 is 19.3 Å². The van der Waals surface area contributed by atoms with Crippen molar-refractivity contribution in [2.75, 3.05) is 0 Å². The fourth-order valence-electron chi connectivity index (χ4n) is 4.21. The third-order valence-electron chi connectivity index (χ3n) is 6.04. The summed E-state index contributed by atoms with van der Waals surface area (Å²) in [5.41, 5.74) is 3.64. The average Bonchev–Trinajstić information content (AvgIpc) is 3.22. The quantitative estimate of drug-likeness (QED) is 0.342. The van der Waals surface area contributed by atoms with Gasteiger partial charge in [0, 0.05) is 26.9 Å². The second kappa shape index (κ2) is 9.35. The van der Waals surface area contributed by atoms with E-state index in [9.17, 15) is 19.5 Å². The van der Waals surface area contributed by atoms with Gasteiger partial charge in [0.25, 0.3) is 0 Å². The second-order valence-corrected chi connectivity index (χ2v) is 8.76. The minimum atomic E-state index is -1.11. The van der Waals surface area contributed by atoms with E-state index in [2.05, 4.69) is 5.32 Å². The molecule has 8 heteroatoms. The molecule has 0 aliphatic rings. The van der Waals surface area contributed by atoms with Crippen LogP contribution in [0.4, 0.5) is 0 Å². The minimum absolute atomic E-state index is 0.195. The molecule has 4 aromatic rings. The second-order valence-electron chi connectivity index (χ2n) is 8.33. The Labute approximate surface area is 200 Å². The van der Waals surface area contributed by atoms with E-state index in [-0.39, 0.29) is 12.0 Å². The van der Waals surface area contributed by atoms with Crippen molar-refractivity contribution in [3.05, 3.63) is 68.7 Å². The topological polar surface area (TPSA) is 110 Å². The molecule has 2 heterocycles. The standard InChI is InChI=1S/C26H24ClNO6/c1-4-5-21(25(30)31)28-22(29)11-18-13(2)17-10-19-20(15-6-8-16(27)9-7-15)12-33-23(19)14(3)24(17)34-26(18)32/h6-10,12,21H,4-5,11H2,1-3H3,(H,28,29)(H,30,31)/t21-/m1/s1. The first-order chi connectivity index (χ1) is 16.2. The summed E-state index contributed by atoms with van der Waals surface area (Å²) < 4.78 is 11.4. The number of furan rings is 1. The van der Waals surface area contributed by atoms with E-state index in [1.54, 1.807) is 25.3 Å². The van der Waals surface area contributed by atoms with E-state index >= 15 is 0 Å². The van der Waals surface area contributed by atoms with Crippen LogP contribution < -0.4 is 10.9 Å². The number of hydrogen-bond acceptors (Lipinski definition) is 5. The van der Waals surface area contributed by atoms with E-state index in [4.69, 9.17) is 20.4 Å². The maximum atomic E-state index is 12.8. The molecule has 2 aromatic carbocycles. The van der Waals surface area contributed by atoms with Crippen LogP contribution in [0.5, 0.6) is 0 Å². The fraction of sp³-hybridized carbons (Fsp3) is 0.269. The summed E-state index contributed by atoms with van der Waals surface area (Å²) in [5.74, 6) is -1.65. The molecule has 0 aliphatic heterocycles. The van der Waals surface area contributed by atoms with Crippen LogP contribution in [-0.4, -0.2) is 23.0 Å². The molecule has 2 aromatic heterocycles. The molecule has 0 aliphatic carbocycles. The third-order valence-corrected chi connectivity index (χ3v) is 6.30. The molecule has 0 unspecified atom stereocenters. The Morgan fingerprint density at radius 2 is 1.79 bits per heavy atom. The van der Waals surface area contributed by atoms with Crippen LogP contribution in [0.25, 0.3) is 33.1 Å². The Hall–Kier alpha value is -3.58. The van der Waals surface area contributed by atoms with Gasteiger partial charge >= 0.3 is 11.6 Å². The zero-order chi connectivity index (χ0) is 24.6. The van der Waals surface area contributed by atoms with Gasteiger partial charge in [0.05, 0.1) is 18.2 Å². The lowest BCUT2D eigenvalue weighted by molar-refractivity contribution is -0.141. The lowest BCUT2D eigenvalue weighted by atomic mass is 9.97. The van der Waals surface area contributed by atoms with E-state index in [0.717, 1.165) is 16.5 Å². The van der Waals surface area contributed by atoms with E-state index in [0.29, 0.717) is 45.5 Å². The number of benzene rings is 2. The minimum Gasteiger partial charge on any atom is -0.480 e. The van der Waals surface area contributed by atoms with Crippen molar-refractivity contribution >= 4 is 45.4 Å². The summed E-state index contributed by atoms with van der Waals surface area (Å²) in [7, 11) is 0. The SMILES string of the molecule is CCC[C@@H](NC(=O)Cc1c(C)c2cc3c(-c4ccc(Cl)cc4)coc3c(C)c2oc1=O)C(=O)O. The van der Waals surface area contributed by atoms with Gasteiger partial charge in [0.15, 0.2) is 0 Å². The normalized spacial score (nSPS) is 12.2. The van der Waals surface area contributed by atoms with Crippen LogP contribution in [-0.2, 0) is 16.0 Å². The summed E-state index contributed by atoms with van der Waals surface area (Å²) in [5, 5.41) is 14.0. The molecule has 0 radical (unpaired) electrons. The highest BCUT2D eigenvalue weighted by Crippen LogP contribution is 2.37. The molecular formula is C26H24ClNO6. The first-order valence-electron chi connectivity index (χ1n) is 11.0. The lowest BCUT2D eigenvalue weighted by Crippen LogP contribution is -2.41. The Morgan fingerprint density at radius 3 is 2.44 bits per heavy atom. The number of aliphatic carboxylic acids is 1. The fourth-order valence-corrected chi connectivity index (χ4v) is 4.33. The molecule has 0 bridgehead atoms. The number of carboxylic acids is 1. The molecule has 0 saturated carbocycles. The van der Waals surface area contributed by atoms with Gasteiger partial charge in [-0.15, -0.1) is 0 Å². The first kappa shape index (κ1) is 23.6. The van der Waals surface area contributed by atoms with Crippen LogP contribution in [0.2, 0.25) is 5.02 Å². The van der Waals surface area contributed by atoms with Crippen LogP contribution >= 0.6 is 11.6 Å². The van der Waals surface area contributed by atoms with E-state index in [1.165, 1.54) is 0 Å². The van der Waals surface area contributed by atoms with Crippen molar-refractivity contribution in [1.29, 1.82) is 0 Å². The Kier molecular flexibility index (Phi) is 6.48. The third kappa shape index (κ3) is 4.31. The number of rotatable bonds is 7. The van der Waals surface area contributed by atoms with Gasteiger partial charge in [0.1, 0.15) is 17.2 Å². The van der Waals surface area contributed by atoms with Crippen molar-refractivity contribution in [2.45, 2.75) is 46.1 Å². The van der Waals surface area contributed by atoms with Crippen LogP contribution in [0.3, 0.4) is 0 Å². The number of aryl methyl sites for hydroxylation is 2. The monoisotopic (exact) mass is 481 g/mol. The Balaban J connectivity index is 1.79. The highest BCUT2D eigenvalue weighted by molar-refractivity contribution is 6.30. The molecule has 4 rings (SSSR count). The van der Waals surface area contributed by atoms with E-state index < -0.39 is 23.5 Å². The number of fused-ring (bicyclic) bond motifs is 2. The highest BCUT2D eigenvalue weighted by atomic mass is 35.5. The molecule has 7 nitrogen and oxygen atoms in total. The molecule has 1 amide bonds. The molecular weight excluding hydrogens is 458 g/mol. The smallest absolute Gasteiger partial charge is 0.340 e. The zero-order valence-electron chi connectivity index (χ0n) is 19.0. The van der Waals surface area contributed by atoms with E-state index in [1.807, 2.05) is 32.0 Å². The van der Waals surface area contributed by atoms with Gasteiger partial charge in [-0.2, -0.15) is 0 Å². The van der Waals surface area contributed by atoms with Gasteiger partial charge in [-0.3, -0.25) is 4.79 Å². The van der Waals surface area contributed by atoms with Crippen LogP contribution in [0.15, 0.2) is 50.2 Å². The van der Waals surface area contributed by atoms with Crippen molar-refractivity contribution in [3.8, 4) is 11.1 Å². The number of carbonyl (C=O) groups excluding carboxylic acids is 1. The predicted molar refractivity (Wildman–Crippen MR) is 130 cm³/mol. The number of carbonyl (C=O) groups is 2. The first-order valence-corrected chi connectivity index (χ1v) is 11.3. The summed E-state index contributed by atoms with van der Waals surface area (Å²) in [6.45, 7) is 5.41. The van der Waals surface area contributed by atoms with Crippen molar-refractivity contribution in [3.63, 3.8) is 0 Å². The number of halogens is 1. The summed E-state index contributed by atoms with van der Waals surface area (Å²) in [6, 6.07) is 8.28. The number of nitrogens with one attached hydrogen (secondary N) is 1. The summed E-state index contributed by atoms with van der Waals surface area (Å²) in [4.78, 5) is 36.7. The maximum absolute atomic E-state index is 12.8. The molecule has 0 fully saturated rings. The molecule has 2 N–H and O–H groups in total. The number of hydrogen-bond donors (Lipinski definition) is 2. The Morgan fingerprint density at radius 1 is 1.09 bits per heavy atom. The Bertz CT molecular complexity index is 1470. The van der Waals surface area contributed by atoms with Gasteiger partial charge in [-0.1, -0.05) is 37.1 Å². The molecule has 0 saturated heterocycles. The van der Waals surface area contributed by atoms with Gasteiger partial charge in [-0.25, -0.2) is 9.59 Å². The van der Waals surface area contributed by atoms with Gasteiger partial charge in [-0.05, 0) is 49.6 Å². The summed E-state index contributed by atoms with van der Waals surface area (Å²) in [6.07, 6.45) is 2.29. The molecule has 1 atom stereocenters. The van der Waals surface area contributed by atoms with Crippen molar-refractivity contribution in [2.24, 2.45) is 0 Å². The molecule has 0 spiro atoms. The largest absolute Gasteiger partial charge is 0.480 e. The number of amides is 1. The molecule has 34 heavy (non-hydrogen) atoms. The maximum Gasteiger partial charge on any atom is 0.340 e. The predicted octanol–water partition coefficient (Wildman–Crippen LogP) is 5.39.